The summed E-state index contributed by atoms with van der Waals surface area (Å²) in [7, 11) is 0. The summed E-state index contributed by atoms with van der Waals surface area (Å²) in [5, 5.41) is 3.19. The monoisotopic (exact) mass is 316 g/mol. The van der Waals surface area contributed by atoms with Gasteiger partial charge in [-0.05, 0) is 25.0 Å². The molecule has 1 aliphatic heterocycles. The van der Waals surface area contributed by atoms with Gasteiger partial charge in [0.25, 0.3) is 0 Å². The minimum absolute atomic E-state index is 0.266. The Morgan fingerprint density at radius 2 is 1.82 bits per heavy atom. The van der Waals surface area contributed by atoms with Gasteiger partial charge in [-0.3, -0.25) is 4.90 Å². The maximum atomic E-state index is 6.13. The zero-order valence-corrected chi connectivity index (χ0v) is 14.1. The third kappa shape index (κ3) is 3.66. The molecule has 1 aromatic carbocycles. The Hall–Kier alpha value is -1.43. The summed E-state index contributed by atoms with van der Waals surface area (Å²) in [4.78, 5) is 9.28. The van der Waals surface area contributed by atoms with Gasteiger partial charge >= 0.3 is 0 Å². The van der Waals surface area contributed by atoms with Crippen molar-refractivity contribution in [3.8, 4) is 0 Å². The summed E-state index contributed by atoms with van der Waals surface area (Å²) in [6, 6.07) is 8.72. The Bertz CT molecular complexity index is 578. The van der Waals surface area contributed by atoms with E-state index in [1.165, 1.54) is 11.1 Å². The fourth-order valence-electron chi connectivity index (χ4n) is 2.77. The molecule has 0 saturated carbocycles. The average Bonchev–Trinajstić information content (AvgIpc) is 3.02. The van der Waals surface area contributed by atoms with Crippen molar-refractivity contribution >= 4 is 16.5 Å². The molecule has 1 aromatic heterocycles. The number of rotatable bonds is 4. The molecule has 118 valence electrons. The van der Waals surface area contributed by atoms with Gasteiger partial charge in [0.15, 0.2) is 5.13 Å². The molecule has 0 unspecified atom stereocenters. The van der Waals surface area contributed by atoms with E-state index in [4.69, 9.17) is 5.73 Å². The lowest BCUT2D eigenvalue weighted by atomic mass is 9.95. The topological polar surface area (TPSA) is 45.4 Å². The number of piperazine rings is 1. The van der Waals surface area contributed by atoms with E-state index in [1.54, 1.807) is 11.3 Å². The molecule has 0 bridgehead atoms. The van der Waals surface area contributed by atoms with E-state index in [0.717, 1.165) is 37.9 Å². The summed E-state index contributed by atoms with van der Waals surface area (Å²) >= 11 is 1.72. The third-order valence-electron chi connectivity index (χ3n) is 4.17. The normalized spacial score (nSPS) is 17.0. The number of hydrogen-bond acceptors (Lipinski definition) is 5. The number of hydrogen-bond donors (Lipinski definition) is 1. The highest BCUT2D eigenvalue weighted by atomic mass is 32.1. The van der Waals surface area contributed by atoms with Crippen LogP contribution in [0.4, 0.5) is 5.13 Å². The van der Waals surface area contributed by atoms with Crippen molar-refractivity contribution in [1.29, 1.82) is 0 Å². The fourth-order valence-corrected chi connectivity index (χ4v) is 3.46. The van der Waals surface area contributed by atoms with Gasteiger partial charge in [-0.15, -0.1) is 11.3 Å². The second-order valence-corrected chi connectivity index (χ2v) is 7.37. The minimum atomic E-state index is -0.266. The lowest BCUT2D eigenvalue weighted by Gasteiger charge is -2.34. The Balaban J connectivity index is 1.54. The number of benzene rings is 1. The van der Waals surface area contributed by atoms with Gasteiger partial charge in [-0.25, -0.2) is 4.98 Å². The Kier molecular flexibility index (Phi) is 4.47. The van der Waals surface area contributed by atoms with Crippen molar-refractivity contribution < 1.29 is 0 Å². The second kappa shape index (κ2) is 6.36. The van der Waals surface area contributed by atoms with Crippen LogP contribution in [0.25, 0.3) is 0 Å². The maximum absolute atomic E-state index is 6.13. The minimum Gasteiger partial charge on any atom is -0.346 e. The van der Waals surface area contributed by atoms with Crippen LogP contribution >= 0.6 is 11.3 Å². The molecule has 4 nitrogen and oxygen atoms in total. The van der Waals surface area contributed by atoms with Crippen LogP contribution in [0.5, 0.6) is 0 Å². The van der Waals surface area contributed by atoms with Gasteiger partial charge in [-0.2, -0.15) is 0 Å². The lowest BCUT2D eigenvalue weighted by Crippen LogP contribution is -2.45. The summed E-state index contributed by atoms with van der Waals surface area (Å²) in [6.45, 7) is 9.38. The molecule has 0 atom stereocenters. The Morgan fingerprint density at radius 3 is 2.36 bits per heavy atom. The Labute approximate surface area is 136 Å². The van der Waals surface area contributed by atoms with E-state index in [1.807, 2.05) is 25.4 Å². The molecule has 0 radical (unpaired) electrons. The average molecular weight is 316 g/mol. The molecule has 0 spiro atoms. The van der Waals surface area contributed by atoms with Gasteiger partial charge < -0.3 is 10.6 Å². The first-order valence-electron chi connectivity index (χ1n) is 7.77. The zero-order chi connectivity index (χ0) is 15.6. The molecule has 0 amide bonds. The molecule has 1 fully saturated rings. The predicted octanol–water partition coefficient (Wildman–Crippen LogP) is 2.66. The van der Waals surface area contributed by atoms with Crippen LogP contribution in [-0.4, -0.2) is 36.1 Å². The largest absolute Gasteiger partial charge is 0.346 e. The van der Waals surface area contributed by atoms with Crippen molar-refractivity contribution in [2.24, 2.45) is 5.73 Å². The highest BCUT2D eigenvalue weighted by Crippen LogP contribution is 2.21. The highest BCUT2D eigenvalue weighted by Gasteiger charge is 2.19. The van der Waals surface area contributed by atoms with Crippen molar-refractivity contribution in [2.45, 2.75) is 25.9 Å². The number of anilines is 1. The number of nitrogens with zero attached hydrogens (tertiary/aromatic N) is 3. The van der Waals surface area contributed by atoms with E-state index >= 15 is 0 Å². The van der Waals surface area contributed by atoms with Crippen LogP contribution in [0.2, 0.25) is 0 Å². The molecular formula is C17H24N4S. The first-order chi connectivity index (χ1) is 10.5. The molecule has 2 heterocycles. The van der Waals surface area contributed by atoms with Crippen LogP contribution < -0.4 is 10.6 Å². The van der Waals surface area contributed by atoms with Crippen LogP contribution in [0, 0.1) is 0 Å². The fraction of sp³-hybridized carbons (Fsp3) is 0.471. The smallest absolute Gasteiger partial charge is 0.185 e. The number of nitrogens with two attached hydrogens (primary N) is 1. The molecule has 2 N–H and O–H groups in total. The molecule has 22 heavy (non-hydrogen) atoms. The lowest BCUT2D eigenvalue weighted by molar-refractivity contribution is 0.250. The second-order valence-electron chi connectivity index (χ2n) is 6.50. The maximum Gasteiger partial charge on any atom is 0.185 e. The van der Waals surface area contributed by atoms with Crippen molar-refractivity contribution in [2.75, 3.05) is 31.1 Å². The predicted molar refractivity (Wildman–Crippen MR) is 93.3 cm³/mol. The zero-order valence-electron chi connectivity index (χ0n) is 13.3. The molecule has 3 rings (SSSR count). The molecule has 5 heteroatoms. The van der Waals surface area contributed by atoms with Crippen molar-refractivity contribution in [3.05, 3.63) is 47.0 Å². The van der Waals surface area contributed by atoms with E-state index < -0.39 is 0 Å². The number of aromatic nitrogens is 1. The van der Waals surface area contributed by atoms with E-state index in [-0.39, 0.29) is 5.54 Å². The van der Waals surface area contributed by atoms with Crippen LogP contribution in [0.15, 0.2) is 35.8 Å². The quantitative estimate of drug-likeness (QED) is 0.942. The van der Waals surface area contributed by atoms with Gasteiger partial charge in [0.2, 0.25) is 0 Å². The van der Waals surface area contributed by atoms with E-state index in [9.17, 15) is 0 Å². The van der Waals surface area contributed by atoms with Crippen molar-refractivity contribution in [1.82, 2.24) is 9.88 Å². The van der Waals surface area contributed by atoms with E-state index in [0.29, 0.717) is 0 Å². The summed E-state index contributed by atoms with van der Waals surface area (Å²) < 4.78 is 0. The third-order valence-corrected chi connectivity index (χ3v) is 5.00. The first-order valence-corrected chi connectivity index (χ1v) is 8.65. The molecule has 2 aromatic rings. The Morgan fingerprint density at radius 1 is 1.14 bits per heavy atom. The van der Waals surface area contributed by atoms with Gasteiger partial charge in [0.05, 0.1) is 0 Å². The highest BCUT2D eigenvalue weighted by molar-refractivity contribution is 7.13. The molecular weight excluding hydrogens is 292 g/mol. The summed E-state index contributed by atoms with van der Waals surface area (Å²) in [6.07, 6.45) is 1.88. The summed E-state index contributed by atoms with van der Waals surface area (Å²) in [5.74, 6) is 0. The molecule has 1 saturated heterocycles. The number of thiazole rings is 1. The molecule has 0 aliphatic carbocycles. The SMILES string of the molecule is CC(C)(N)c1ccc(CN2CCN(c3nccs3)CC2)cc1. The van der Waals surface area contributed by atoms with Crippen molar-refractivity contribution in [3.63, 3.8) is 0 Å². The van der Waals surface area contributed by atoms with E-state index in [2.05, 4.69) is 39.0 Å². The molecule has 1 aliphatic rings. The van der Waals surface area contributed by atoms with Crippen LogP contribution in [0.3, 0.4) is 0 Å². The van der Waals surface area contributed by atoms with Crippen LogP contribution in [0.1, 0.15) is 25.0 Å². The van der Waals surface area contributed by atoms with Gasteiger partial charge in [-0.1, -0.05) is 24.3 Å². The van der Waals surface area contributed by atoms with Crippen LogP contribution in [-0.2, 0) is 12.1 Å². The first kappa shape index (κ1) is 15.5. The summed E-state index contributed by atoms with van der Waals surface area (Å²) in [5.41, 5.74) is 8.41. The van der Waals surface area contributed by atoms with Gasteiger partial charge in [0, 0.05) is 49.8 Å². The van der Waals surface area contributed by atoms with Gasteiger partial charge in [0.1, 0.15) is 0 Å². The standard InChI is InChI=1S/C17H24N4S/c1-17(2,18)15-5-3-14(4-6-15)13-20-8-10-21(11-9-20)16-19-7-12-22-16/h3-7,12H,8-11,13,18H2,1-2H3.